The van der Waals surface area contributed by atoms with Gasteiger partial charge in [-0.15, -0.1) is 0 Å². The number of ether oxygens (including phenoxy) is 2. The first-order chi connectivity index (χ1) is 11.9. The summed E-state index contributed by atoms with van der Waals surface area (Å²) >= 11 is 0. The summed E-state index contributed by atoms with van der Waals surface area (Å²) < 4.78 is 38.5. The SMILES string of the molecule is COc1cc(C)c(S(=O)(=O)NCc2ccc3c(c2)CNC3)cc1OC. The van der Waals surface area contributed by atoms with Crippen molar-refractivity contribution in [1.82, 2.24) is 10.0 Å². The maximum atomic E-state index is 12.7. The molecule has 1 heterocycles. The van der Waals surface area contributed by atoms with Gasteiger partial charge in [-0.3, -0.25) is 0 Å². The minimum atomic E-state index is -3.66. The summed E-state index contributed by atoms with van der Waals surface area (Å²) in [6, 6.07) is 9.19. The molecule has 3 rings (SSSR count). The molecule has 0 aromatic heterocycles. The van der Waals surface area contributed by atoms with Crippen molar-refractivity contribution in [3.8, 4) is 11.5 Å². The normalized spacial score (nSPS) is 13.6. The lowest BCUT2D eigenvalue weighted by molar-refractivity contribution is 0.353. The highest BCUT2D eigenvalue weighted by Gasteiger charge is 2.20. The van der Waals surface area contributed by atoms with Crippen LogP contribution in [0.1, 0.15) is 22.3 Å². The van der Waals surface area contributed by atoms with E-state index in [2.05, 4.69) is 10.0 Å². The Hall–Kier alpha value is -2.09. The van der Waals surface area contributed by atoms with Crippen molar-refractivity contribution in [2.45, 2.75) is 31.5 Å². The summed E-state index contributed by atoms with van der Waals surface area (Å²) in [7, 11) is -0.660. The molecular weight excluding hydrogens is 340 g/mol. The topological polar surface area (TPSA) is 76.7 Å². The monoisotopic (exact) mass is 362 g/mol. The van der Waals surface area contributed by atoms with Gasteiger partial charge >= 0.3 is 0 Å². The summed E-state index contributed by atoms with van der Waals surface area (Å²) in [4.78, 5) is 0.188. The van der Waals surface area contributed by atoms with Gasteiger partial charge in [0.15, 0.2) is 11.5 Å². The van der Waals surface area contributed by atoms with Crippen molar-refractivity contribution >= 4 is 10.0 Å². The van der Waals surface area contributed by atoms with Crippen LogP contribution < -0.4 is 19.5 Å². The van der Waals surface area contributed by atoms with Crippen LogP contribution in [0.15, 0.2) is 35.2 Å². The van der Waals surface area contributed by atoms with E-state index in [4.69, 9.17) is 9.47 Å². The maximum Gasteiger partial charge on any atom is 0.241 e. The molecule has 134 valence electrons. The van der Waals surface area contributed by atoms with E-state index in [9.17, 15) is 8.42 Å². The molecule has 2 aromatic carbocycles. The van der Waals surface area contributed by atoms with E-state index in [0.717, 1.165) is 18.7 Å². The Labute approximate surface area is 148 Å². The van der Waals surface area contributed by atoms with Crippen molar-refractivity contribution < 1.29 is 17.9 Å². The van der Waals surface area contributed by atoms with E-state index in [0.29, 0.717) is 17.1 Å². The van der Waals surface area contributed by atoms with Crippen LogP contribution in [-0.2, 0) is 29.7 Å². The number of rotatable bonds is 6. The first kappa shape index (κ1) is 17.7. The van der Waals surface area contributed by atoms with Crippen LogP contribution in [0, 0.1) is 6.92 Å². The maximum absolute atomic E-state index is 12.7. The number of hydrogen-bond acceptors (Lipinski definition) is 5. The van der Waals surface area contributed by atoms with Gasteiger partial charge in [-0.25, -0.2) is 13.1 Å². The lowest BCUT2D eigenvalue weighted by Gasteiger charge is -2.14. The van der Waals surface area contributed by atoms with Gasteiger partial charge in [-0.2, -0.15) is 0 Å². The Bertz CT molecular complexity index is 894. The first-order valence-corrected chi connectivity index (χ1v) is 9.46. The number of benzene rings is 2. The fourth-order valence-corrected chi connectivity index (χ4v) is 4.22. The van der Waals surface area contributed by atoms with Gasteiger partial charge < -0.3 is 14.8 Å². The molecule has 25 heavy (non-hydrogen) atoms. The highest BCUT2D eigenvalue weighted by atomic mass is 32.2. The third kappa shape index (κ3) is 3.63. The van der Waals surface area contributed by atoms with E-state index in [-0.39, 0.29) is 11.4 Å². The second-order valence-electron chi connectivity index (χ2n) is 6.00. The summed E-state index contributed by atoms with van der Waals surface area (Å²) in [6.07, 6.45) is 0. The Kier molecular flexibility index (Phi) is 4.99. The third-order valence-corrected chi connectivity index (χ3v) is 5.88. The summed E-state index contributed by atoms with van der Waals surface area (Å²) in [6.45, 7) is 3.66. The van der Waals surface area contributed by atoms with Gasteiger partial charge in [0, 0.05) is 25.7 Å². The summed E-state index contributed by atoms with van der Waals surface area (Å²) in [5.74, 6) is 0.891. The molecule has 2 N–H and O–H groups in total. The van der Waals surface area contributed by atoms with E-state index in [1.165, 1.54) is 31.4 Å². The van der Waals surface area contributed by atoms with E-state index in [1.54, 1.807) is 13.0 Å². The van der Waals surface area contributed by atoms with E-state index in [1.807, 2.05) is 18.2 Å². The van der Waals surface area contributed by atoms with Crippen LogP contribution in [0.25, 0.3) is 0 Å². The summed E-state index contributed by atoms with van der Waals surface area (Å²) in [5, 5.41) is 3.28. The molecule has 1 aliphatic heterocycles. The first-order valence-electron chi connectivity index (χ1n) is 7.98. The van der Waals surface area contributed by atoms with E-state index >= 15 is 0 Å². The average Bonchev–Trinajstić information content (AvgIpc) is 3.07. The van der Waals surface area contributed by atoms with Gasteiger partial charge in [0.25, 0.3) is 0 Å². The molecule has 6 nitrogen and oxygen atoms in total. The standard InChI is InChI=1S/C18H22N2O4S/c1-12-6-16(23-2)17(24-3)8-18(12)25(21,22)20-9-13-4-5-14-10-19-11-15(14)7-13/h4-8,19-20H,9-11H2,1-3H3. The Morgan fingerprint density at radius 1 is 1.04 bits per heavy atom. The highest BCUT2D eigenvalue weighted by Crippen LogP contribution is 2.32. The van der Waals surface area contributed by atoms with Crippen molar-refractivity contribution in [3.63, 3.8) is 0 Å². The van der Waals surface area contributed by atoms with Gasteiger partial charge in [-0.05, 0) is 35.2 Å². The minimum Gasteiger partial charge on any atom is -0.493 e. The number of nitrogens with one attached hydrogen (secondary N) is 2. The van der Waals surface area contributed by atoms with Crippen molar-refractivity contribution in [2.75, 3.05) is 14.2 Å². The van der Waals surface area contributed by atoms with Crippen LogP contribution >= 0.6 is 0 Å². The highest BCUT2D eigenvalue weighted by molar-refractivity contribution is 7.89. The molecule has 0 bridgehead atoms. The quantitative estimate of drug-likeness (QED) is 0.823. The van der Waals surface area contributed by atoms with E-state index < -0.39 is 10.0 Å². The third-order valence-electron chi connectivity index (χ3n) is 4.34. The molecule has 0 unspecified atom stereocenters. The Morgan fingerprint density at radius 3 is 2.44 bits per heavy atom. The predicted molar refractivity (Wildman–Crippen MR) is 95.3 cm³/mol. The molecule has 0 atom stereocenters. The molecule has 0 radical (unpaired) electrons. The fraction of sp³-hybridized carbons (Fsp3) is 0.333. The van der Waals surface area contributed by atoms with Crippen molar-refractivity contribution in [3.05, 3.63) is 52.6 Å². The lowest BCUT2D eigenvalue weighted by atomic mass is 10.1. The molecule has 0 amide bonds. The molecule has 0 saturated carbocycles. The molecule has 0 spiro atoms. The molecule has 1 aliphatic rings. The molecule has 0 saturated heterocycles. The second-order valence-corrected chi connectivity index (χ2v) is 7.74. The van der Waals surface area contributed by atoms with Crippen LogP contribution in [0.5, 0.6) is 11.5 Å². The number of hydrogen-bond donors (Lipinski definition) is 2. The molecule has 2 aromatic rings. The molecule has 0 fully saturated rings. The largest absolute Gasteiger partial charge is 0.493 e. The van der Waals surface area contributed by atoms with Crippen molar-refractivity contribution in [2.24, 2.45) is 0 Å². The second kappa shape index (κ2) is 7.03. The smallest absolute Gasteiger partial charge is 0.241 e. The molecule has 7 heteroatoms. The minimum absolute atomic E-state index is 0.188. The zero-order valence-electron chi connectivity index (χ0n) is 14.5. The summed E-state index contributed by atoms with van der Waals surface area (Å²) in [5.41, 5.74) is 4.02. The zero-order valence-corrected chi connectivity index (χ0v) is 15.4. The number of sulfonamides is 1. The number of fused-ring (bicyclic) bond motifs is 1. The number of aryl methyl sites for hydroxylation is 1. The van der Waals surface area contributed by atoms with Crippen LogP contribution in [0.4, 0.5) is 0 Å². The van der Waals surface area contributed by atoms with Gasteiger partial charge in [0.2, 0.25) is 10.0 Å². The lowest BCUT2D eigenvalue weighted by Crippen LogP contribution is -2.24. The Morgan fingerprint density at radius 2 is 1.72 bits per heavy atom. The van der Waals surface area contributed by atoms with Gasteiger partial charge in [-0.1, -0.05) is 18.2 Å². The predicted octanol–water partition coefficient (Wildman–Crippen LogP) is 2.09. The molecule has 0 aliphatic carbocycles. The number of methoxy groups -OCH3 is 2. The van der Waals surface area contributed by atoms with Gasteiger partial charge in [0.1, 0.15) is 0 Å². The van der Waals surface area contributed by atoms with Crippen LogP contribution in [0.2, 0.25) is 0 Å². The van der Waals surface area contributed by atoms with Crippen LogP contribution in [-0.4, -0.2) is 22.6 Å². The average molecular weight is 362 g/mol. The van der Waals surface area contributed by atoms with Crippen molar-refractivity contribution in [1.29, 1.82) is 0 Å². The molecular formula is C18H22N2O4S. The van der Waals surface area contributed by atoms with Gasteiger partial charge in [0.05, 0.1) is 19.1 Å². The Balaban J connectivity index is 1.82. The zero-order chi connectivity index (χ0) is 18.0. The van der Waals surface area contributed by atoms with Crippen LogP contribution in [0.3, 0.4) is 0 Å². The fourth-order valence-electron chi connectivity index (χ4n) is 2.97.